The molecule has 0 bridgehead atoms. The van der Waals surface area contributed by atoms with Crippen LogP contribution in [0.4, 0.5) is 0 Å². The van der Waals surface area contributed by atoms with Gasteiger partial charge in [-0.15, -0.1) is 0 Å². The molecule has 0 aliphatic heterocycles. The Morgan fingerprint density at radius 1 is 1.26 bits per heavy atom. The van der Waals surface area contributed by atoms with E-state index < -0.39 is 0 Å². The summed E-state index contributed by atoms with van der Waals surface area (Å²) < 4.78 is 11.1. The highest BCUT2D eigenvalue weighted by Crippen LogP contribution is 2.24. The van der Waals surface area contributed by atoms with Crippen LogP contribution in [0.1, 0.15) is 32.3 Å². The molecule has 0 spiro atoms. The molecular weight excluding hydrogens is 262 g/mol. The van der Waals surface area contributed by atoms with Crippen LogP contribution in [0.25, 0.3) is 0 Å². The minimum Gasteiger partial charge on any atom is -0.493 e. The number of halogens is 1. The predicted molar refractivity (Wildman–Crippen MR) is 80.0 cm³/mol. The zero-order chi connectivity index (χ0) is 14.1. The van der Waals surface area contributed by atoms with Crippen LogP contribution in [0, 0.1) is 0 Å². The van der Waals surface area contributed by atoms with E-state index in [1.807, 2.05) is 25.1 Å². The fraction of sp³-hybridized carbons (Fsp3) is 0.600. The molecule has 108 valence electrons. The summed E-state index contributed by atoms with van der Waals surface area (Å²) in [6.45, 7) is 6.20. The molecule has 3 nitrogen and oxygen atoms in total. The van der Waals surface area contributed by atoms with Crippen molar-refractivity contribution in [1.82, 2.24) is 0 Å². The average Bonchev–Trinajstić information content (AvgIpc) is 2.40. The molecule has 0 amide bonds. The molecule has 19 heavy (non-hydrogen) atoms. The van der Waals surface area contributed by atoms with Gasteiger partial charge in [-0.1, -0.05) is 18.5 Å². The van der Waals surface area contributed by atoms with Crippen molar-refractivity contribution < 1.29 is 9.47 Å². The van der Waals surface area contributed by atoms with Crippen molar-refractivity contribution in [3.05, 3.63) is 28.8 Å². The van der Waals surface area contributed by atoms with Gasteiger partial charge in [-0.2, -0.15) is 0 Å². The molecule has 0 aliphatic carbocycles. The Morgan fingerprint density at radius 2 is 2.05 bits per heavy atom. The molecule has 1 rings (SSSR count). The van der Waals surface area contributed by atoms with Crippen LogP contribution in [0.2, 0.25) is 5.02 Å². The molecule has 0 saturated heterocycles. The second-order valence-corrected chi connectivity index (χ2v) is 4.96. The van der Waals surface area contributed by atoms with Crippen LogP contribution < -0.4 is 10.5 Å². The highest BCUT2D eigenvalue weighted by molar-refractivity contribution is 6.30. The van der Waals surface area contributed by atoms with Crippen molar-refractivity contribution in [3.63, 3.8) is 0 Å². The SMILES string of the molecule is CCOCCCOc1ccc(Cl)cc1CC(N)CC. The van der Waals surface area contributed by atoms with E-state index in [0.717, 1.165) is 48.8 Å². The molecular formula is C15H24ClNO2. The van der Waals surface area contributed by atoms with Crippen molar-refractivity contribution in [3.8, 4) is 5.75 Å². The molecule has 1 aromatic carbocycles. The van der Waals surface area contributed by atoms with Crippen LogP contribution in [-0.4, -0.2) is 25.9 Å². The van der Waals surface area contributed by atoms with E-state index in [4.69, 9.17) is 26.8 Å². The van der Waals surface area contributed by atoms with Gasteiger partial charge in [-0.3, -0.25) is 0 Å². The maximum absolute atomic E-state index is 6.03. The van der Waals surface area contributed by atoms with Crippen molar-refractivity contribution in [2.24, 2.45) is 5.73 Å². The Kier molecular flexibility index (Phi) is 7.87. The van der Waals surface area contributed by atoms with Crippen LogP contribution in [0.15, 0.2) is 18.2 Å². The lowest BCUT2D eigenvalue weighted by Gasteiger charge is -2.15. The predicted octanol–water partition coefficient (Wildman–Crippen LogP) is 3.43. The number of benzene rings is 1. The smallest absolute Gasteiger partial charge is 0.122 e. The summed E-state index contributed by atoms with van der Waals surface area (Å²) in [5.74, 6) is 0.879. The summed E-state index contributed by atoms with van der Waals surface area (Å²) in [4.78, 5) is 0. The third-order valence-corrected chi connectivity index (χ3v) is 3.16. The molecule has 2 N–H and O–H groups in total. The quantitative estimate of drug-likeness (QED) is 0.707. The van der Waals surface area contributed by atoms with Gasteiger partial charge >= 0.3 is 0 Å². The third kappa shape index (κ3) is 6.28. The zero-order valence-electron chi connectivity index (χ0n) is 11.8. The third-order valence-electron chi connectivity index (χ3n) is 2.92. The standard InChI is InChI=1S/C15H24ClNO2/c1-3-14(17)11-12-10-13(16)6-7-15(12)19-9-5-8-18-4-2/h6-7,10,14H,3-5,8-9,11,17H2,1-2H3. The van der Waals surface area contributed by atoms with Gasteiger partial charge in [0.25, 0.3) is 0 Å². The molecule has 1 atom stereocenters. The van der Waals surface area contributed by atoms with Crippen LogP contribution >= 0.6 is 11.6 Å². The summed E-state index contributed by atoms with van der Waals surface area (Å²) in [6, 6.07) is 5.85. The Morgan fingerprint density at radius 3 is 2.74 bits per heavy atom. The maximum atomic E-state index is 6.03. The molecule has 1 aromatic rings. The number of hydrogen-bond acceptors (Lipinski definition) is 3. The van der Waals surface area contributed by atoms with Gasteiger partial charge in [-0.05, 0) is 43.5 Å². The van der Waals surface area contributed by atoms with Crippen molar-refractivity contribution in [2.45, 2.75) is 39.2 Å². The lowest BCUT2D eigenvalue weighted by molar-refractivity contribution is 0.130. The Hall–Kier alpha value is -0.770. The van der Waals surface area contributed by atoms with Gasteiger partial charge in [0.05, 0.1) is 6.61 Å². The lowest BCUT2D eigenvalue weighted by Crippen LogP contribution is -2.21. The number of nitrogens with two attached hydrogens (primary N) is 1. The second-order valence-electron chi connectivity index (χ2n) is 4.52. The summed E-state index contributed by atoms with van der Waals surface area (Å²) in [5, 5.41) is 0.722. The van der Waals surface area contributed by atoms with Crippen LogP contribution in [0.5, 0.6) is 5.75 Å². The number of hydrogen-bond donors (Lipinski definition) is 1. The van der Waals surface area contributed by atoms with E-state index in [1.54, 1.807) is 0 Å². The summed E-state index contributed by atoms with van der Waals surface area (Å²) >= 11 is 6.03. The number of ether oxygens (including phenoxy) is 2. The minimum absolute atomic E-state index is 0.143. The summed E-state index contributed by atoms with van der Waals surface area (Å²) in [7, 11) is 0. The van der Waals surface area contributed by atoms with Crippen LogP contribution in [0.3, 0.4) is 0 Å². The Labute approximate surface area is 121 Å². The monoisotopic (exact) mass is 285 g/mol. The molecule has 0 aromatic heterocycles. The number of rotatable bonds is 9. The molecule has 0 radical (unpaired) electrons. The van der Waals surface area contributed by atoms with E-state index in [0.29, 0.717) is 6.61 Å². The van der Waals surface area contributed by atoms with Crippen molar-refractivity contribution in [1.29, 1.82) is 0 Å². The summed E-state index contributed by atoms with van der Waals surface area (Å²) in [5.41, 5.74) is 7.08. The van der Waals surface area contributed by atoms with Gasteiger partial charge in [0.15, 0.2) is 0 Å². The topological polar surface area (TPSA) is 44.5 Å². The van der Waals surface area contributed by atoms with Crippen molar-refractivity contribution >= 4 is 11.6 Å². The van der Waals surface area contributed by atoms with Gasteiger partial charge in [-0.25, -0.2) is 0 Å². The van der Waals surface area contributed by atoms with Gasteiger partial charge in [0.1, 0.15) is 5.75 Å². The molecule has 4 heteroatoms. The lowest BCUT2D eigenvalue weighted by atomic mass is 10.0. The van der Waals surface area contributed by atoms with E-state index in [9.17, 15) is 0 Å². The summed E-state index contributed by atoms with van der Waals surface area (Å²) in [6.07, 6.45) is 2.61. The first-order chi connectivity index (χ1) is 9.17. The van der Waals surface area contributed by atoms with E-state index in [1.165, 1.54) is 0 Å². The molecule has 0 fully saturated rings. The van der Waals surface area contributed by atoms with Gasteiger partial charge in [0, 0.05) is 30.7 Å². The highest BCUT2D eigenvalue weighted by Gasteiger charge is 2.09. The van der Waals surface area contributed by atoms with Crippen molar-refractivity contribution in [2.75, 3.05) is 19.8 Å². The average molecular weight is 286 g/mol. The van der Waals surface area contributed by atoms with Gasteiger partial charge in [0.2, 0.25) is 0 Å². The molecule has 0 heterocycles. The van der Waals surface area contributed by atoms with E-state index >= 15 is 0 Å². The normalized spacial score (nSPS) is 12.4. The van der Waals surface area contributed by atoms with E-state index in [2.05, 4.69) is 6.92 Å². The first kappa shape index (κ1) is 16.3. The first-order valence-corrected chi connectivity index (χ1v) is 7.29. The maximum Gasteiger partial charge on any atom is 0.122 e. The molecule has 0 saturated carbocycles. The zero-order valence-corrected chi connectivity index (χ0v) is 12.6. The molecule has 1 unspecified atom stereocenters. The Balaban J connectivity index is 2.55. The highest BCUT2D eigenvalue weighted by atomic mass is 35.5. The van der Waals surface area contributed by atoms with E-state index in [-0.39, 0.29) is 6.04 Å². The largest absolute Gasteiger partial charge is 0.493 e. The second kappa shape index (κ2) is 9.18. The first-order valence-electron chi connectivity index (χ1n) is 6.91. The fourth-order valence-corrected chi connectivity index (χ4v) is 1.96. The fourth-order valence-electron chi connectivity index (χ4n) is 1.76. The van der Waals surface area contributed by atoms with Gasteiger partial charge < -0.3 is 15.2 Å². The Bertz CT molecular complexity index is 371. The van der Waals surface area contributed by atoms with Crippen LogP contribution in [-0.2, 0) is 11.2 Å². The molecule has 0 aliphatic rings. The minimum atomic E-state index is 0.143.